The Balaban J connectivity index is 2.05. The molecule has 1 atom stereocenters. The highest BCUT2D eigenvalue weighted by atomic mass is 16.5. The van der Waals surface area contributed by atoms with Gasteiger partial charge in [0.05, 0.1) is 12.7 Å². The van der Waals surface area contributed by atoms with Crippen molar-refractivity contribution in [2.24, 2.45) is 0 Å². The number of hydrogen-bond acceptors (Lipinski definition) is 4. The van der Waals surface area contributed by atoms with Crippen molar-refractivity contribution in [2.45, 2.75) is 32.3 Å². The number of para-hydroxylation sites is 1. The van der Waals surface area contributed by atoms with Crippen LogP contribution < -0.4 is 10.1 Å². The lowest BCUT2D eigenvalue weighted by molar-refractivity contribution is -0.117. The van der Waals surface area contributed by atoms with Gasteiger partial charge in [0, 0.05) is 18.7 Å². The SMILES string of the molecule is CCCOc1ccccc1/C=C(\C#N)C(=O)NCC1CCCO1. The molecule has 0 bridgehead atoms. The maximum Gasteiger partial charge on any atom is 0.262 e. The molecule has 0 spiro atoms. The molecular weight excluding hydrogens is 292 g/mol. The zero-order valence-corrected chi connectivity index (χ0v) is 13.4. The second-order valence-electron chi connectivity index (χ2n) is 5.40. The highest BCUT2D eigenvalue weighted by molar-refractivity contribution is 6.01. The van der Waals surface area contributed by atoms with Gasteiger partial charge in [-0.3, -0.25) is 4.79 Å². The zero-order valence-electron chi connectivity index (χ0n) is 13.4. The minimum absolute atomic E-state index is 0.0547. The van der Waals surface area contributed by atoms with Gasteiger partial charge in [-0.1, -0.05) is 25.1 Å². The minimum Gasteiger partial charge on any atom is -0.493 e. The van der Waals surface area contributed by atoms with E-state index in [1.807, 2.05) is 37.3 Å². The molecular formula is C18H22N2O3. The summed E-state index contributed by atoms with van der Waals surface area (Å²) in [5, 5.41) is 12.0. The first-order valence-corrected chi connectivity index (χ1v) is 7.98. The summed E-state index contributed by atoms with van der Waals surface area (Å²) in [4.78, 5) is 12.2. The van der Waals surface area contributed by atoms with Crippen molar-refractivity contribution in [3.05, 3.63) is 35.4 Å². The summed E-state index contributed by atoms with van der Waals surface area (Å²) in [6.07, 6.45) is 4.48. The molecule has 1 saturated heterocycles. The quantitative estimate of drug-likeness (QED) is 0.620. The van der Waals surface area contributed by atoms with Crippen LogP contribution in [0.2, 0.25) is 0 Å². The van der Waals surface area contributed by atoms with Gasteiger partial charge in [-0.2, -0.15) is 5.26 Å². The second kappa shape index (κ2) is 8.96. The molecule has 1 aromatic rings. The normalized spacial score (nSPS) is 17.6. The zero-order chi connectivity index (χ0) is 16.5. The molecule has 0 radical (unpaired) electrons. The van der Waals surface area contributed by atoms with Gasteiger partial charge in [0.15, 0.2) is 0 Å². The van der Waals surface area contributed by atoms with E-state index in [1.165, 1.54) is 0 Å². The van der Waals surface area contributed by atoms with Crippen LogP contribution in [0, 0.1) is 11.3 Å². The second-order valence-corrected chi connectivity index (χ2v) is 5.40. The number of amides is 1. The Kier molecular flexibility index (Phi) is 6.64. The summed E-state index contributed by atoms with van der Waals surface area (Å²) in [6.45, 7) is 3.80. The van der Waals surface area contributed by atoms with Crippen LogP contribution in [-0.4, -0.2) is 31.8 Å². The van der Waals surface area contributed by atoms with E-state index in [0.29, 0.717) is 18.9 Å². The molecule has 5 heteroatoms. The number of benzene rings is 1. The van der Waals surface area contributed by atoms with Crippen LogP contribution in [-0.2, 0) is 9.53 Å². The molecule has 23 heavy (non-hydrogen) atoms. The van der Waals surface area contributed by atoms with Gasteiger partial charge in [0.1, 0.15) is 17.4 Å². The van der Waals surface area contributed by atoms with E-state index in [0.717, 1.165) is 31.4 Å². The Morgan fingerprint density at radius 2 is 2.35 bits per heavy atom. The van der Waals surface area contributed by atoms with Crippen LogP contribution in [0.4, 0.5) is 0 Å². The van der Waals surface area contributed by atoms with Crippen molar-refractivity contribution in [1.82, 2.24) is 5.32 Å². The fraction of sp³-hybridized carbons (Fsp3) is 0.444. The number of hydrogen-bond donors (Lipinski definition) is 1. The van der Waals surface area contributed by atoms with Gasteiger partial charge < -0.3 is 14.8 Å². The largest absolute Gasteiger partial charge is 0.493 e. The van der Waals surface area contributed by atoms with E-state index in [9.17, 15) is 10.1 Å². The van der Waals surface area contributed by atoms with Crippen molar-refractivity contribution in [2.75, 3.05) is 19.8 Å². The maximum absolute atomic E-state index is 12.2. The van der Waals surface area contributed by atoms with E-state index in [-0.39, 0.29) is 17.6 Å². The number of carbonyl (C=O) groups is 1. The maximum atomic E-state index is 12.2. The lowest BCUT2D eigenvalue weighted by Gasteiger charge is -2.11. The number of carbonyl (C=O) groups excluding carboxylic acids is 1. The van der Waals surface area contributed by atoms with E-state index in [4.69, 9.17) is 9.47 Å². The van der Waals surface area contributed by atoms with Crippen LogP contribution in [0.15, 0.2) is 29.8 Å². The summed E-state index contributed by atoms with van der Waals surface area (Å²) < 4.78 is 11.1. The Bertz CT molecular complexity index is 599. The molecule has 0 saturated carbocycles. The van der Waals surface area contributed by atoms with Crippen LogP contribution in [0.25, 0.3) is 6.08 Å². The fourth-order valence-corrected chi connectivity index (χ4v) is 2.35. The Hall–Kier alpha value is -2.32. The third-order valence-electron chi connectivity index (χ3n) is 3.56. The van der Waals surface area contributed by atoms with Crippen LogP contribution in [0.1, 0.15) is 31.7 Å². The lowest BCUT2D eigenvalue weighted by atomic mass is 10.1. The van der Waals surface area contributed by atoms with Crippen molar-refractivity contribution >= 4 is 12.0 Å². The highest BCUT2D eigenvalue weighted by Crippen LogP contribution is 2.21. The molecule has 122 valence electrons. The number of ether oxygens (including phenoxy) is 2. The average molecular weight is 314 g/mol. The van der Waals surface area contributed by atoms with E-state index in [2.05, 4.69) is 5.32 Å². The molecule has 1 fully saturated rings. The standard InChI is InChI=1S/C18H22N2O3/c1-2-9-23-17-8-4-3-6-14(17)11-15(12-19)18(21)20-13-16-7-5-10-22-16/h3-4,6,8,11,16H,2,5,7,9-10,13H2,1H3,(H,20,21)/b15-11+. The van der Waals surface area contributed by atoms with E-state index < -0.39 is 0 Å². The molecule has 0 aromatic heterocycles. The molecule has 1 N–H and O–H groups in total. The fourth-order valence-electron chi connectivity index (χ4n) is 2.35. The highest BCUT2D eigenvalue weighted by Gasteiger charge is 2.17. The predicted octanol–water partition coefficient (Wildman–Crippen LogP) is 2.68. The Morgan fingerprint density at radius 1 is 1.52 bits per heavy atom. The van der Waals surface area contributed by atoms with E-state index in [1.54, 1.807) is 6.08 Å². The minimum atomic E-state index is -0.381. The number of nitrogens with one attached hydrogen (secondary N) is 1. The first-order chi connectivity index (χ1) is 11.2. The summed E-state index contributed by atoms with van der Waals surface area (Å²) in [5.41, 5.74) is 0.792. The summed E-state index contributed by atoms with van der Waals surface area (Å²) in [7, 11) is 0. The van der Waals surface area contributed by atoms with Crippen LogP contribution in [0.5, 0.6) is 5.75 Å². The molecule has 1 amide bonds. The summed E-state index contributed by atoms with van der Waals surface area (Å²) in [5.74, 6) is 0.294. The van der Waals surface area contributed by atoms with Gasteiger partial charge >= 0.3 is 0 Å². The third kappa shape index (κ3) is 5.11. The van der Waals surface area contributed by atoms with Gasteiger partial charge in [-0.05, 0) is 31.4 Å². The first kappa shape index (κ1) is 17.0. The summed E-state index contributed by atoms with van der Waals surface area (Å²) >= 11 is 0. The van der Waals surface area contributed by atoms with Gasteiger partial charge in [-0.25, -0.2) is 0 Å². The van der Waals surface area contributed by atoms with Crippen molar-refractivity contribution in [3.63, 3.8) is 0 Å². The molecule has 0 aliphatic carbocycles. The molecule has 1 aliphatic rings. The number of nitriles is 1. The summed E-state index contributed by atoms with van der Waals surface area (Å²) in [6, 6.07) is 9.34. The van der Waals surface area contributed by atoms with E-state index >= 15 is 0 Å². The first-order valence-electron chi connectivity index (χ1n) is 7.98. The molecule has 1 aromatic carbocycles. The topological polar surface area (TPSA) is 71.3 Å². The molecule has 5 nitrogen and oxygen atoms in total. The van der Waals surface area contributed by atoms with Crippen LogP contribution >= 0.6 is 0 Å². The molecule has 1 unspecified atom stereocenters. The Labute approximate surface area is 136 Å². The van der Waals surface area contributed by atoms with Gasteiger partial charge in [0.25, 0.3) is 5.91 Å². The molecule has 2 rings (SSSR count). The molecule has 1 heterocycles. The smallest absolute Gasteiger partial charge is 0.262 e. The lowest BCUT2D eigenvalue weighted by Crippen LogP contribution is -2.32. The van der Waals surface area contributed by atoms with Gasteiger partial charge in [-0.15, -0.1) is 0 Å². The van der Waals surface area contributed by atoms with Crippen LogP contribution in [0.3, 0.4) is 0 Å². The Morgan fingerprint density at radius 3 is 3.04 bits per heavy atom. The molecule has 1 aliphatic heterocycles. The van der Waals surface area contributed by atoms with Gasteiger partial charge in [0.2, 0.25) is 0 Å². The average Bonchev–Trinajstić information content (AvgIpc) is 3.10. The van der Waals surface area contributed by atoms with Crippen molar-refractivity contribution < 1.29 is 14.3 Å². The predicted molar refractivity (Wildman–Crippen MR) is 87.8 cm³/mol. The number of rotatable bonds is 7. The monoisotopic (exact) mass is 314 g/mol. The number of nitrogens with zero attached hydrogens (tertiary/aromatic N) is 1. The third-order valence-corrected chi connectivity index (χ3v) is 3.56. The van der Waals surface area contributed by atoms with Crippen molar-refractivity contribution in [1.29, 1.82) is 5.26 Å². The van der Waals surface area contributed by atoms with Crippen molar-refractivity contribution in [3.8, 4) is 11.8 Å².